The van der Waals surface area contributed by atoms with E-state index in [0.717, 1.165) is 12.8 Å². The number of aromatic nitrogens is 1. The quantitative estimate of drug-likeness (QED) is 0.853. The van der Waals surface area contributed by atoms with Gasteiger partial charge in [-0.25, -0.2) is 13.2 Å². The van der Waals surface area contributed by atoms with Gasteiger partial charge in [-0.1, -0.05) is 0 Å². The molecule has 1 aliphatic carbocycles. The number of rotatable bonds is 4. The van der Waals surface area contributed by atoms with E-state index in [2.05, 4.69) is 0 Å². The fraction of sp³-hybridized carbons (Fsp3) is 0.526. The van der Waals surface area contributed by atoms with Crippen molar-refractivity contribution in [2.24, 2.45) is 11.5 Å². The SMILES string of the molecule is Cc1c(N2CCC(F)(CN)C2)c(F)c(F)c2c(CN)cc(=O)n(C3CC3)c12. The number of nitrogens with two attached hydrogens (primary N) is 2. The predicted octanol–water partition coefficient (Wildman–Crippen LogP) is 2.26. The molecule has 1 aliphatic heterocycles. The first-order valence-corrected chi connectivity index (χ1v) is 9.21. The van der Waals surface area contributed by atoms with Gasteiger partial charge >= 0.3 is 0 Å². The average Bonchev–Trinajstić information content (AvgIpc) is 3.41. The van der Waals surface area contributed by atoms with Crippen LogP contribution in [-0.2, 0) is 6.54 Å². The summed E-state index contributed by atoms with van der Waals surface area (Å²) in [5.41, 5.74) is 10.4. The van der Waals surface area contributed by atoms with Crippen LogP contribution in [0.4, 0.5) is 18.9 Å². The van der Waals surface area contributed by atoms with E-state index in [9.17, 15) is 9.18 Å². The van der Waals surface area contributed by atoms with Gasteiger partial charge in [-0.05, 0) is 25.3 Å². The fourth-order valence-corrected chi connectivity index (χ4v) is 4.20. The Labute approximate surface area is 154 Å². The van der Waals surface area contributed by atoms with Gasteiger partial charge in [0.15, 0.2) is 11.6 Å². The van der Waals surface area contributed by atoms with Gasteiger partial charge in [0.1, 0.15) is 5.67 Å². The number of aryl methyl sites for hydroxylation is 1. The van der Waals surface area contributed by atoms with Crippen molar-refractivity contribution >= 4 is 16.6 Å². The molecule has 0 bridgehead atoms. The normalized spacial score (nSPS) is 22.8. The second-order valence-electron chi connectivity index (χ2n) is 7.66. The van der Waals surface area contributed by atoms with E-state index < -0.39 is 17.3 Å². The van der Waals surface area contributed by atoms with Gasteiger partial charge in [-0.2, -0.15) is 0 Å². The van der Waals surface area contributed by atoms with Crippen LogP contribution in [0.3, 0.4) is 0 Å². The number of benzene rings is 1. The highest BCUT2D eigenvalue weighted by molar-refractivity contribution is 5.91. The van der Waals surface area contributed by atoms with Crippen molar-refractivity contribution < 1.29 is 13.2 Å². The zero-order chi connectivity index (χ0) is 19.5. The van der Waals surface area contributed by atoms with E-state index in [4.69, 9.17) is 11.5 Å². The van der Waals surface area contributed by atoms with Crippen LogP contribution in [-0.4, -0.2) is 29.9 Å². The Bertz CT molecular complexity index is 986. The maximum absolute atomic E-state index is 15.1. The van der Waals surface area contributed by atoms with Gasteiger partial charge in [0.05, 0.1) is 17.7 Å². The second-order valence-corrected chi connectivity index (χ2v) is 7.66. The molecule has 1 saturated carbocycles. The van der Waals surface area contributed by atoms with E-state index >= 15 is 8.78 Å². The topological polar surface area (TPSA) is 77.3 Å². The van der Waals surface area contributed by atoms with Crippen LogP contribution in [0, 0.1) is 18.6 Å². The fourth-order valence-electron chi connectivity index (χ4n) is 4.20. The van der Waals surface area contributed by atoms with Gasteiger partial charge in [-0.15, -0.1) is 0 Å². The Balaban J connectivity index is 2.02. The molecule has 8 heteroatoms. The summed E-state index contributed by atoms with van der Waals surface area (Å²) in [6, 6.07) is 1.27. The molecule has 0 spiro atoms. The van der Waals surface area contributed by atoms with Gasteiger partial charge in [0.2, 0.25) is 0 Å². The highest BCUT2D eigenvalue weighted by Crippen LogP contribution is 2.42. The number of halogens is 3. The molecule has 4 rings (SSSR count). The minimum absolute atomic E-state index is 0.0101. The van der Waals surface area contributed by atoms with Crippen molar-refractivity contribution in [2.45, 2.75) is 44.4 Å². The van der Waals surface area contributed by atoms with Gasteiger partial charge < -0.3 is 20.9 Å². The van der Waals surface area contributed by atoms with E-state index in [1.165, 1.54) is 15.5 Å². The Kier molecular flexibility index (Phi) is 4.23. The lowest BCUT2D eigenvalue weighted by Crippen LogP contribution is -2.36. The second kappa shape index (κ2) is 6.24. The zero-order valence-electron chi connectivity index (χ0n) is 15.2. The van der Waals surface area contributed by atoms with Crippen LogP contribution in [0.2, 0.25) is 0 Å². The molecule has 0 amide bonds. The molecule has 0 radical (unpaired) electrons. The number of anilines is 1. The van der Waals surface area contributed by atoms with E-state index in [0.29, 0.717) is 11.1 Å². The van der Waals surface area contributed by atoms with Crippen molar-refractivity contribution in [2.75, 3.05) is 24.5 Å². The summed E-state index contributed by atoms with van der Waals surface area (Å²) in [6.07, 6.45) is 1.78. The molecular formula is C19H23F3N4O. The van der Waals surface area contributed by atoms with E-state index in [1.54, 1.807) is 6.92 Å². The summed E-state index contributed by atoms with van der Waals surface area (Å²) in [4.78, 5) is 14.1. The minimum Gasteiger partial charge on any atom is -0.365 e. The summed E-state index contributed by atoms with van der Waals surface area (Å²) in [5, 5.41) is 0.0484. The van der Waals surface area contributed by atoms with Crippen molar-refractivity contribution in [1.29, 1.82) is 0 Å². The predicted molar refractivity (Wildman–Crippen MR) is 98.7 cm³/mol. The lowest BCUT2D eigenvalue weighted by Gasteiger charge is -2.26. The van der Waals surface area contributed by atoms with Crippen molar-refractivity contribution in [3.63, 3.8) is 0 Å². The molecule has 1 aromatic carbocycles. The monoisotopic (exact) mass is 380 g/mol. The third-order valence-electron chi connectivity index (χ3n) is 5.78. The summed E-state index contributed by atoms with van der Waals surface area (Å²) in [5.74, 6) is -2.07. The average molecular weight is 380 g/mol. The standard InChI is InChI=1S/C19H23F3N4O/c1-10-17-14(11(7-23)6-13(27)26(17)12-2-3-12)15(20)16(21)18(10)25-5-4-19(22,8-24)9-25/h6,12H,2-5,7-9,23-24H2,1H3. The van der Waals surface area contributed by atoms with Crippen LogP contribution in [0.5, 0.6) is 0 Å². The maximum Gasteiger partial charge on any atom is 0.251 e. The Morgan fingerprint density at radius 2 is 1.96 bits per heavy atom. The van der Waals surface area contributed by atoms with Crippen LogP contribution >= 0.6 is 0 Å². The number of alkyl halides is 1. The molecule has 27 heavy (non-hydrogen) atoms. The highest BCUT2D eigenvalue weighted by Gasteiger charge is 2.40. The molecular weight excluding hydrogens is 357 g/mol. The maximum atomic E-state index is 15.1. The van der Waals surface area contributed by atoms with Crippen LogP contribution in [0.15, 0.2) is 10.9 Å². The molecule has 2 heterocycles. The molecule has 1 saturated heterocycles. The number of hydrogen-bond acceptors (Lipinski definition) is 4. The van der Waals surface area contributed by atoms with E-state index in [1.807, 2.05) is 0 Å². The minimum atomic E-state index is -1.63. The molecule has 4 N–H and O–H groups in total. The van der Waals surface area contributed by atoms with Crippen LogP contribution in [0.1, 0.15) is 36.4 Å². The molecule has 1 unspecified atom stereocenters. The Morgan fingerprint density at radius 3 is 2.52 bits per heavy atom. The van der Waals surface area contributed by atoms with Crippen molar-refractivity contribution in [3.05, 3.63) is 39.2 Å². The number of nitrogens with zero attached hydrogens (tertiary/aromatic N) is 2. The molecule has 1 aromatic heterocycles. The Hall–Kier alpha value is -2.06. The van der Waals surface area contributed by atoms with Crippen molar-refractivity contribution in [3.8, 4) is 0 Å². The van der Waals surface area contributed by atoms with Crippen molar-refractivity contribution in [1.82, 2.24) is 4.57 Å². The van der Waals surface area contributed by atoms with Gasteiger partial charge in [-0.3, -0.25) is 4.79 Å². The number of fused-ring (bicyclic) bond motifs is 1. The highest BCUT2D eigenvalue weighted by atomic mass is 19.2. The first kappa shape index (κ1) is 18.3. The van der Waals surface area contributed by atoms with Crippen LogP contribution < -0.4 is 21.9 Å². The first-order chi connectivity index (χ1) is 12.8. The van der Waals surface area contributed by atoms with E-state index in [-0.39, 0.29) is 60.8 Å². The van der Waals surface area contributed by atoms with Gasteiger partial charge in [0, 0.05) is 49.1 Å². The van der Waals surface area contributed by atoms with Crippen LogP contribution in [0.25, 0.3) is 10.9 Å². The summed E-state index contributed by atoms with van der Waals surface area (Å²) in [6.45, 7) is 1.54. The summed E-state index contributed by atoms with van der Waals surface area (Å²) < 4.78 is 46.3. The molecule has 2 aliphatic rings. The third kappa shape index (κ3) is 2.73. The largest absolute Gasteiger partial charge is 0.365 e. The lowest BCUT2D eigenvalue weighted by molar-refractivity contribution is 0.204. The third-order valence-corrected chi connectivity index (χ3v) is 5.78. The zero-order valence-corrected chi connectivity index (χ0v) is 15.2. The summed E-state index contributed by atoms with van der Waals surface area (Å²) >= 11 is 0. The Morgan fingerprint density at radius 1 is 1.26 bits per heavy atom. The number of hydrogen-bond donors (Lipinski definition) is 2. The molecule has 146 valence electrons. The first-order valence-electron chi connectivity index (χ1n) is 9.21. The van der Waals surface area contributed by atoms with Gasteiger partial charge in [0.25, 0.3) is 5.56 Å². The number of pyridine rings is 1. The molecule has 5 nitrogen and oxygen atoms in total. The molecule has 2 aromatic rings. The lowest BCUT2D eigenvalue weighted by atomic mass is 10.0. The molecule has 2 fully saturated rings. The summed E-state index contributed by atoms with van der Waals surface area (Å²) in [7, 11) is 0. The molecule has 1 atom stereocenters. The smallest absolute Gasteiger partial charge is 0.251 e.